The van der Waals surface area contributed by atoms with Gasteiger partial charge in [-0.05, 0) is 282 Å². The van der Waals surface area contributed by atoms with Gasteiger partial charge in [0.2, 0.25) is 0 Å². The molecular formula is C127H171N5O5. The monoisotopic (exact) mass is 1850 g/mol. The fourth-order valence-corrected chi connectivity index (χ4v) is 15.2. The molecule has 10 heteroatoms. The highest BCUT2D eigenvalue weighted by molar-refractivity contribution is 5.97. The normalized spacial score (nSPS) is 11.1. The quantitative estimate of drug-likeness (QED) is 0.142. The molecule has 2 aromatic heterocycles. The Morgan fingerprint density at radius 2 is 0.847 bits per heavy atom. The number of benzene rings is 13. The molecule has 18 rings (SSSR count). The summed E-state index contributed by atoms with van der Waals surface area (Å²) in [6.45, 7) is 65.6. The summed E-state index contributed by atoms with van der Waals surface area (Å²) >= 11 is 0. The molecule has 0 aliphatic carbocycles. The second-order valence-corrected chi connectivity index (χ2v) is 32.5. The van der Waals surface area contributed by atoms with Crippen molar-refractivity contribution in [2.75, 3.05) is 37.4 Å². The molecule has 5 heterocycles. The predicted molar refractivity (Wildman–Crippen MR) is 604 cm³/mol. The van der Waals surface area contributed by atoms with Crippen molar-refractivity contribution >= 4 is 88.5 Å². The van der Waals surface area contributed by atoms with Gasteiger partial charge in [0.05, 0.1) is 5.52 Å². The second-order valence-electron chi connectivity index (χ2n) is 32.5. The maximum absolute atomic E-state index is 11.1. The Bertz CT molecular complexity index is 5790. The van der Waals surface area contributed by atoms with Crippen LogP contribution in [0.25, 0.3) is 54.0 Å². The molecule has 15 aromatic rings. The van der Waals surface area contributed by atoms with Crippen molar-refractivity contribution in [3.8, 4) is 5.75 Å². The largest absolute Gasteiger partial charge is 0.487 e. The van der Waals surface area contributed by atoms with Crippen LogP contribution < -0.4 is 20.3 Å². The van der Waals surface area contributed by atoms with E-state index in [2.05, 4.69) is 273 Å². The average Bonchev–Trinajstić information content (AvgIpc) is 0.764. The molecule has 10 nitrogen and oxygen atoms in total. The molecule has 0 spiro atoms. The number of aryl methyl sites for hydroxylation is 6. The van der Waals surface area contributed by atoms with Gasteiger partial charge in [-0.15, -0.1) is 0 Å². The number of ether oxygens (including phenoxy) is 1. The van der Waals surface area contributed by atoms with Crippen molar-refractivity contribution in [3.05, 3.63) is 386 Å². The molecule has 0 radical (unpaired) electrons. The van der Waals surface area contributed by atoms with Crippen molar-refractivity contribution in [2.24, 2.45) is 0 Å². The number of hydrogen-bond acceptors (Lipinski definition) is 10. The Kier molecular flexibility index (Phi) is 62.8. The topological polar surface area (TPSA) is 131 Å². The zero-order valence-corrected chi connectivity index (χ0v) is 90.4. The van der Waals surface area contributed by atoms with Crippen molar-refractivity contribution in [1.82, 2.24) is 15.3 Å². The van der Waals surface area contributed by atoms with Crippen LogP contribution in [-0.4, -0.2) is 65.9 Å². The van der Waals surface area contributed by atoms with Gasteiger partial charge in [0, 0.05) is 98.1 Å². The summed E-state index contributed by atoms with van der Waals surface area (Å²) in [4.78, 5) is 53.8. The van der Waals surface area contributed by atoms with Crippen LogP contribution in [-0.2, 0) is 59.5 Å². The van der Waals surface area contributed by atoms with Gasteiger partial charge in [0.25, 0.3) is 0 Å². The molecule has 0 saturated heterocycles. The number of Topliss-reactive ketones (excluding diaryl/α,β-unsaturated/α-hetero) is 4. The number of ketones is 4. The van der Waals surface area contributed by atoms with E-state index < -0.39 is 0 Å². The number of carbonyl (C=O) groups is 4. The molecule has 0 bridgehead atoms. The number of anilines is 2. The highest BCUT2D eigenvalue weighted by atomic mass is 16.5. The van der Waals surface area contributed by atoms with Gasteiger partial charge in [0.1, 0.15) is 28.7 Å². The number of carbonyl (C=O) groups excluding carboxylic acids is 4. The van der Waals surface area contributed by atoms with E-state index in [0.717, 1.165) is 66.0 Å². The van der Waals surface area contributed by atoms with Crippen molar-refractivity contribution in [2.45, 2.75) is 278 Å². The molecule has 0 atom stereocenters. The van der Waals surface area contributed by atoms with E-state index in [1.807, 2.05) is 245 Å². The van der Waals surface area contributed by atoms with Crippen LogP contribution in [0.2, 0.25) is 0 Å². The van der Waals surface area contributed by atoms with E-state index in [0.29, 0.717) is 19.3 Å². The average molecular weight is 1850 g/mol. The third-order valence-corrected chi connectivity index (χ3v) is 22.2. The van der Waals surface area contributed by atoms with Gasteiger partial charge >= 0.3 is 0 Å². The number of pyridine rings is 2. The molecule has 13 aromatic carbocycles. The Morgan fingerprint density at radius 3 is 1.42 bits per heavy atom. The first kappa shape index (κ1) is 123. The van der Waals surface area contributed by atoms with Crippen LogP contribution in [0.5, 0.6) is 5.75 Å². The number of aromatic nitrogens is 2. The number of hydrogen-bond donors (Lipinski definition) is 2. The third kappa shape index (κ3) is 42.3. The standard InChI is InChI=1S/C15H22O.C13H15N.2C13H12O.C10H13N.C10H9N.C10H13N.C10H9N.C9H10O.C8H8O.8C2H6/c1-9-10(2)12(4)14-13(11(9)3)7-8-15(5,6)16-14;1-10-6-4-8-12-11(10)7-5-9-13(12)14(2)3;1-10(14)9-12-7-4-6-11-5-2-3-8-13(11)12;1-10(14)8-11-6-7-12-4-2-3-5-13(12)9-11;2*1-8-4-2-5-9-6-3-7-11-10(8)9;2*1-8-3-2-4-9-5-6-11-7-10(8)9;1-8(10)7-9-5-3-2-4-6-9;1-7(9)8-5-3-2-4-6-8;8*1-2/h7-8H2,1-6H3;4-9H,1-3H3;2-8H,9H2,1H3;2-7,9H,8H2,1H3;2,4-5,11H,3,6-7H2,1H3;2-7H,1H3;2-4,11H,5-7H2,1H3;2-7H,1H3;2-6H,7H2,1H3;2-6H,1H3;8*1-2H3. The minimum Gasteiger partial charge on any atom is -0.487 e. The first-order valence-electron chi connectivity index (χ1n) is 50.3. The van der Waals surface area contributed by atoms with Crippen LogP contribution in [0.1, 0.15) is 265 Å². The molecule has 3 aliphatic heterocycles. The number of nitrogens with one attached hydrogen (secondary N) is 2. The summed E-state index contributed by atoms with van der Waals surface area (Å²) in [5, 5.41) is 18.0. The maximum atomic E-state index is 11.1. The van der Waals surface area contributed by atoms with Gasteiger partial charge in [-0.3, -0.25) is 29.1 Å². The van der Waals surface area contributed by atoms with E-state index in [-0.39, 0.29) is 28.7 Å². The zero-order valence-electron chi connectivity index (χ0n) is 90.4. The molecule has 0 amide bonds. The molecule has 0 unspecified atom stereocenters. The van der Waals surface area contributed by atoms with Gasteiger partial charge in [-0.2, -0.15) is 0 Å². The lowest BCUT2D eigenvalue weighted by Gasteiger charge is -2.35. The van der Waals surface area contributed by atoms with E-state index in [4.69, 9.17) is 4.74 Å². The molecule has 2 N–H and O–H groups in total. The van der Waals surface area contributed by atoms with Crippen LogP contribution >= 0.6 is 0 Å². The second kappa shape index (κ2) is 70.2. The summed E-state index contributed by atoms with van der Waals surface area (Å²) in [6.07, 6.45) is 13.1. The maximum Gasteiger partial charge on any atom is 0.159 e. The van der Waals surface area contributed by atoms with Crippen LogP contribution in [0, 0.1) is 62.3 Å². The Balaban J connectivity index is 0.000000750. The minimum absolute atomic E-state index is 0.00804. The molecular weight excluding hydrogens is 1680 g/mol. The third-order valence-electron chi connectivity index (χ3n) is 22.2. The molecule has 0 fully saturated rings. The fourth-order valence-electron chi connectivity index (χ4n) is 15.2. The highest BCUT2D eigenvalue weighted by Gasteiger charge is 2.30. The van der Waals surface area contributed by atoms with E-state index >= 15 is 0 Å². The lowest BCUT2D eigenvalue weighted by Crippen LogP contribution is -2.33. The Morgan fingerprint density at radius 1 is 0.372 bits per heavy atom. The molecule has 734 valence electrons. The summed E-state index contributed by atoms with van der Waals surface area (Å²) in [6, 6.07) is 92.1. The van der Waals surface area contributed by atoms with Gasteiger partial charge < -0.3 is 20.3 Å². The summed E-state index contributed by atoms with van der Waals surface area (Å²) in [7, 11) is 4.16. The molecule has 137 heavy (non-hydrogen) atoms. The first-order chi connectivity index (χ1) is 66.2. The van der Waals surface area contributed by atoms with Crippen LogP contribution in [0.15, 0.2) is 292 Å². The van der Waals surface area contributed by atoms with Crippen molar-refractivity contribution in [3.63, 3.8) is 0 Å². The van der Waals surface area contributed by atoms with Gasteiger partial charge in [-0.25, -0.2) is 0 Å². The van der Waals surface area contributed by atoms with Gasteiger partial charge in [0.15, 0.2) is 5.78 Å². The molecule has 0 saturated carbocycles. The summed E-state index contributed by atoms with van der Waals surface area (Å²) in [5.41, 5.74) is 26.0. The first-order valence-corrected chi connectivity index (χ1v) is 50.3. The van der Waals surface area contributed by atoms with Gasteiger partial charge in [-0.1, -0.05) is 366 Å². The number of nitrogens with zero attached hydrogens (tertiary/aromatic N) is 3. The number of para-hydroxylation sites is 2. The Hall–Kier alpha value is -12.5. The smallest absolute Gasteiger partial charge is 0.159 e. The lowest BCUT2D eigenvalue weighted by molar-refractivity contribution is -0.117. The zero-order chi connectivity index (χ0) is 103. The van der Waals surface area contributed by atoms with E-state index in [1.165, 1.54) is 151 Å². The number of fused-ring (bicyclic) bond motifs is 8. The highest BCUT2D eigenvalue weighted by Crippen LogP contribution is 2.41. The van der Waals surface area contributed by atoms with Crippen molar-refractivity contribution in [1.29, 1.82) is 0 Å². The van der Waals surface area contributed by atoms with E-state index in [9.17, 15) is 19.2 Å². The summed E-state index contributed by atoms with van der Waals surface area (Å²) in [5.74, 6) is 1.90. The van der Waals surface area contributed by atoms with Crippen molar-refractivity contribution < 1.29 is 23.9 Å². The summed E-state index contributed by atoms with van der Waals surface area (Å²) < 4.78 is 6.17. The lowest BCUT2D eigenvalue weighted by atomic mass is 9.86. The molecule has 3 aliphatic rings. The fraction of sp³-hybridized carbons (Fsp3) is 0.354. The van der Waals surface area contributed by atoms with Crippen LogP contribution in [0.4, 0.5) is 11.4 Å². The minimum atomic E-state index is -0.00804. The SMILES string of the molecule is CC.CC.CC.CC.CC.CC.CC.CC.CC(=O)Cc1ccc2ccccc2c1.CC(=O)Cc1cccc2ccccc12.CC(=O)Cc1ccccc1.CC(=O)c1ccccc1.Cc1c(C)c(C)c2c(c1C)CCC(C)(C)O2.Cc1cccc2c(N(C)C)cccc12.Cc1cccc2c1CNCC2.Cc1cccc2c1NCCC2.Cc1cccc2cccnc12.Cc1cccc2ccncc12. The van der Waals surface area contributed by atoms with Crippen LogP contribution in [0.3, 0.4) is 0 Å². The van der Waals surface area contributed by atoms with E-state index in [1.54, 1.807) is 27.7 Å². The Labute approximate surface area is 829 Å². The predicted octanol–water partition coefficient (Wildman–Crippen LogP) is 34.2. The number of rotatable bonds is 8.